The molecule has 5 heteroatoms. The molecule has 1 aliphatic rings. The predicted octanol–water partition coefficient (Wildman–Crippen LogP) is 2.25. The third-order valence-electron chi connectivity index (χ3n) is 4.06. The Hall–Kier alpha value is -1.10. The van der Waals surface area contributed by atoms with E-state index in [1.807, 2.05) is 23.1 Å². The number of nitrogens with two attached hydrogens (primary N) is 1. The summed E-state index contributed by atoms with van der Waals surface area (Å²) in [7, 11) is 0. The van der Waals surface area contributed by atoms with Crippen molar-refractivity contribution in [3.05, 3.63) is 35.9 Å². The first-order valence-corrected chi connectivity index (χ1v) is 7.89. The zero-order chi connectivity index (χ0) is 14.9. The molecule has 0 bridgehead atoms. The highest BCUT2D eigenvalue weighted by atomic mass is 35.5. The number of rotatable bonds is 8. The van der Waals surface area contributed by atoms with E-state index in [2.05, 4.69) is 12.1 Å². The van der Waals surface area contributed by atoms with Crippen molar-refractivity contribution >= 4 is 18.3 Å². The minimum Gasteiger partial charge on any atom is -0.381 e. The van der Waals surface area contributed by atoms with Crippen LogP contribution in [0, 0.1) is 5.92 Å². The van der Waals surface area contributed by atoms with Crippen molar-refractivity contribution in [1.29, 1.82) is 0 Å². The maximum absolute atomic E-state index is 12.3. The fraction of sp³-hybridized carbons (Fsp3) is 0.588. The highest BCUT2D eigenvalue weighted by Crippen LogP contribution is 2.18. The van der Waals surface area contributed by atoms with Crippen LogP contribution in [0.4, 0.5) is 0 Å². The number of benzene rings is 1. The van der Waals surface area contributed by atoms with Gasteiger partial charge in [0.25, 0.3) is 0 Å². The number of hydrogen-bond acceptors (Lipinski definition) is 3. The summed E-state index contributed by atoms with van der Waals surface area (Å²) in [5.41, 5.74) is 6.90. The van der Waals surface area contributed by atoms with Crippen LogP contribution in [0.1, 0.15) is 24.8 Å². The van der Waals surface area contributed by atoms with Gasteiger partial charge in [-0.15, -0.1) is 12.4 Å². The van der Waals surface area contributed by atoms with E-state index in [-0.39, 0.29) is 18.3 Å². The van der Waals surface area contributed by atoms with Gasteiger partial charge >= 0.3 is 0 Å². The summed E-state index contributed by atoms with van der Waals surface area (Å²) in [5.74, 6) is 0.783. The monoisotopic (exact) mass is 326 g/mol. The molecule has 2 N–H and O–H groups in total. The van der Waals surface area contributed by atoms with Gasteiger partial charge in [0, 0.05) is 39.3 Å². The molecule has 1 fully saturated rings. The number of ether oxygens (including phenoxy) is 1. The minimum absolute atomic E-state index is 0. The molecule has 124 valence electrons. The van der Waals surface area contributed by atoms with E-state index in [4.69, 9.17) is 10.5 Å². The molecule has 0 aliphatic carbocycles. The topological polar surface area (TPSA) is 55.6 Å². The van der Waals surface area contributed by atoms with Crippen LogP contribution in [0.2, 0.25) is 0 Å². The standard InChI is InChI=1S/C17H26N2O2.ClH/c18-10-12-19(11-8-15-4-2-1-3-5-15)17(20)7-6-16-9-13-21-14-16;/h1-5,16H,6-14,18H2;1H. The molecule has 0 radical (unpaired) electrons. The fourth-order valence-corrected chi connectivity index (χ4v) is 2.72. The SMILES string of the molecule is Cl.NCCN(CCc1ccccc1)C(=O)CCC1CCOC1. The maximum atomic E-state index is 12.3. The van der Waals surface area contributed by atoms with Crippen LogP contribution < -0.4 is 5.73 Å². The lowest BCUT2D eigenvalue weighted by Crippen LogP contribution is -2.37. The predicted molar refractivity (Wildman–Crippen MR) is 91.2 cm³/mol. The van der Waals surface area contributed by atoms with Crippen LogP contribution in [-0.2, 0) is 16.0 Å². The smallest absolute Gasteiger partial charge is 0.222 e. The quantitative estimate of drug-likeness (QED) is 0.797. The maximum Gasteiger partial charge on any atom is 0.222 e. The number of amides is 1. The van der Waals surface area contributed by atoms with Crippen LogP contribution in [0.5, 0.6) is 0 Å². The van der Waals surface area contributed by atoms with Crippen molar-refractivity contribution < 1.29 is 9.53 Å². The second kappa shape index (κ2) is 10.6. The Morgan fingerprint density at radius 2 is 2.05 bits per heavy atom. The van der Waals surface area contributed by atoms with E-state index in [0.29, 0.717) is 25.4 Å². The van der Waals surface area contributed by atoms with Crippen LogP contribution in [0.3, 0.4) is 0 Å². The highest BCUT2D eigenvalue weighted by Gasteiger charge is 2.19. The molecule has 0 saturated carbocycles. The van der Waals surface area contributed by atoms with Gasteiger partial charge < -0.3 is 15.4 Å². The molecule has 1 aliphatic heterocycles. The van der Waals surface area contributed by atoms with E-state index < -0.39 is 0 Å². The average Bonchev–Trinajstić information content (AvgIpc) is 3.03. The molecule has 1 atom stereocenters. The molecule has 1 heterocycles. The van der Waals surface area contributed by atoms with Gasteiger partial charge in [-0.05, 0) is 30.7 Å². The summed E-state index contributed by atoms with van der Waals surface area (Å²) in [6.07, 6.45) is 3.53. The van der Waals surface area contributed by atoms with E-state index in [0.717, 1.165) is 39.0 Å². The zero-order valence-electron chi connectivity index (χ0n) is 13.1. The molecule has 4 nitrogen and oxygen atoms in total. The molecule has 1 saturated heterocycles. The Bertz CT molecular complexity index is 422. The van der Waals surface area contributed by atoms with Crippen LogP contribution >= 0.6 is 12.4 Å². The molecular formula is C17H27ClN2O2. The summed E-state index contributed by atoms with van der Waals surface area (Å²) in [5, 5.41) is 0. The van der Waals surface area contributed by atoms with E-state index >= 15 is 0 Å². The Morgan fingerprint density at radius 3 is 2.68 bits per heavy atom. The molecule has 1 aromatic rings. The zero-order valence-corrected chi connectivity index (χ0v) is 13.9. The first-order valence-electron chi connectivity index (χ1n) is 7.89. The lowest BCUT2D eigenvalue weighted by atomic mass is 10.0. The van der Waals surface area contributed by atoms with Crippen molar-refractivity contribution in [1.82, 2.24) is 4.90 Å². The Balaban J connectivity index is 0.00000242. The molecular weight excluding hydrogens is 300 g/mol. The Labute approximate surface area is 139 Å². The van der Waals surface area contributed by atoms with Gasteiger partial charge in [-0.3, -0.25) is 4.79 Å². The summed E-state index contributed by atoms with van der Waals surface area (Å²) in [4.78, 5) is 14.2. The highest BCUT2D eigenvalue weighted by molar-refractivity contribution is 5.85. The van der Waals surface area contributed by atoms with E-state index in [9.17, 15) is 4.79 Å². The fourth-order valence-electron chi connectivity index (χ4n) is 2.72. The average molecular weight is 327 g/mol. The van der Waals surface area contributed by atoms with Gasteiger partial charge in [0.1, 0.15) is 0 Å². The largest absolute Gasteiger partial charge is 0.381 e. The van der Waals surface area contributed by atoms with Gasteiger partial charge in [-0.1, -0.05) is 30.3 Å². The van der Waals surface area contributed by atoms with Crippen molar-refractivity contribution in [2.45, 2.75) is 25.7 Å². The van der Waals surface area contributed by atoms with Crippen molar-refractivity contribution in [2.24, 2.45) is 11.7 Å². The van der Waals surface area contributed by atoms with Gasteiger partial charge in [0.2, 0.25) is 5.91 Å². The Morgan fingerprint density at radius 1 is 1.27 bits per heavy atom. The van der Waals surface area contributed by atoms with Gasteiger partial charge in [-0.25, -0.2) is 0 Å². The Kier molecular flexibility index (Phi) is 9.13. The molecule has 2 rings (SSSR count). The van der Waals surface area contributed by atoms with Crippen LogP contribution in [0.25, 0.3) is 0 Å². The summed E-state index contributed by atoms with van der Waals surface area (Å²) in [6, 6.07) is 10.3. The van der Waals surface area contributed by atoms with Gasteiger partial charge in [0.05, 0.1) is 0 Å². The lowest BCUT2D eigenvalue weighted by Gasteiger charge is -2.22. The molecule has 1 unspecified atom stereocenters. The first-order chi connectivity index (χ1) is 10.3. The lowest BCUT2D eigenvalue weighted by molar-refractivity contribution is -0.131. The number of carbonyl (C=O) groups excluding carboxylic acids is 1. The van der Waals surface area contributed by atoms with E-state index in [1.165, 1.54) is 5.56 Å². The number of halogens is 1. The third kappa shape index (κ3) is 6.34. The molecule has 0 aromatic heterocycles. The first kappa shape index (κ1) is 18.9. The van der Waals surface area contributed by atoms with Gasteiger partial charge in [-0.2, -0.15) is 0 Å². The summed E-state index contributed by atoms with van der Waals surface area (Å²) in [6.45, 7) is 3.58. The van der Waals surface area contributed by atoms with E-state index in [1.54, 1.807) is 0 Å². The van der Waals surface area contributed by atoms with Crippen LogP contribution in [-0.4, -0.2) is 43.7 Å². The molecule has 22 heavy (non-hydrogen) atoms. The second-order valence-corrected chi connectivity index (χ2v) is 5.67. The number of hydrogen-bond donors (Lipinski definition) is 1. The normalized spacial score (nSPS) is 17.0. The van der Waals surface area contributed by atoms with Crippen molar-refractivity contribution in [3.63, 3.8) is 0 Å². The van der Waals surface area contributed by atoms with Crippen LogP contribution in [0.15, 0.2) is 30.3 Å². The number of carbonyl (C=O) groups is 1. The number of nitrogens with zero attached hydrogens (tertiary/aromatic N) is 1. The minimum atomic E-state index is 0. The third-order valence-corrected chi connectivity index (χ3v) is 4.06. The second-order valence-electron chi connectivity index (χ2n) is 5.67. The van der Waals surface area contributed by atoms with Crippen molar-refractivity contribution in [3.8, 4) is 0 Å². The molecule has 0 spiro atoms. The molecule has 1 amide bonds. The molecule has 1 aromatic carbocycles. The summed E-state index contributed by atoms with van der Waals surface area (Å²) < 4.78 is 5.36. The summed E-state index contributed by atoms with van der Waals surface area (Å²) >= 11 is 0. The van der Waals surface area contributed by atoms with Gasteiger partial charge in [0.15, 0.2) is 0 Å². The van der Waals surface area contributed by atoms with Crippen molar-refractivity contribution in [2.75, 3.05) is 32.8 Å².